The maximum absolute atomic E-state index is 13.0. The van der Waals surface area contributed by atoms with Crippen LogP contribution in [0.15, 0.2) is 64.8 Å². The van der Waals surface area contributed by atoms with Crippen molar-refractivity contribution in [1.29, 1.82) is 0 Å². The molecule has 0 unspecified atom stereocenters. The van der Waals surface area contributed by atoms with Crippen LogP contribution in [0.1, 0.15) is 18.1 Å². The van der Waals surface area contributed by atoms with E-state index in [1.54, 1.807) is 23.2 Å². The summed E-state index contributed by atoms with van der Waals surface area (Å²) in [7, 11) is 0. The van der Waals surface area contributed by atoms with Gasteiger partial charge < -0.3 is 0 Å². The lowest BCUT2D eigenvalue weighted by Gasteiger charge is -2.15. The average molecular weight is 341 g/mol. The third-order valence-corrected chi connectivity index (χ3v) is 4.60. The van der Waals surface area contributed by atoms with E-state index < -0.39 is 0 Å². The topological polar surface area (TPSA) is 45.0 Å². The van der Waals surface area contributed by atoms with Crippen molar-refractivity contribution in [3.8, 4) is 0 Å². The molecule has 0 aromatic heterocycles. The number of rotatable bonds is 4. The number of benzene rings is 2. The molecule has 122 valence electrons. The first-order valence-electron chi connectivity index (χ1n) is 7.52. The average Bonchev–Trinajstić information content (AvgIpc) is 2.86. The molecule has 1 fully saturated rings. The summed E-state index contributed by atoms with van der Waals surface area (Å²) in [6, 6.07) is 15.7. The maximum atomic E-state index is 13.0. The predicted molar refractivity (Wildman–Crippen MR) is 95.5 cm³/mol. The summed E-state index contributed by atoms with van der Waals surface area (Å²) in [5.74, 6) is -0.312. The summed E-state index contributed by atoms with van der Waals surface area (Å²) in [5, 5.41) is 8.64. The summed E-state index contributed by atoms with van der Waals surface area (Å²) < 4.78 is 13.0. The molecule has 4 nitrogen and oxygen atoms in total. The van der Waals surface area contributed by atoms with Crippen molar-refractivity contribution in [2.45, 2.75) is 18.7 Å². The van der Waals surface area contributed by atoms with Crippen LogP contribution in [0.3, 0.4) is 0 Å². The van der Waals surface area contributed by atoms with Crippen molar-refractivity contribution >= 4 is 29.1 Å². The Morgan fingerprint density at radius 3 is 2.58 bits per heavy atom. The molecular formula is C18H16FN3OS. The quantitative estimate of drug-likeness (QED) is 0.629. The predicted octanol–water partition coefficient (Wildman–Crippen LogP) is 3.68. The van der Waals surface area contributed by atoms with Gasteiger partial charge >= 0.3 is 0 Å². The van der Waals surface area contributed by atoms with Crippen LogP contribution in [0.5, 0.6) is 0 Å². The van der Waals surface area contributed by atoms with Gasteiger partial charge in [0.05, 0.1) is 18.0 Å². The number of hydrogen-bond donors (Lipinski definition) is 0. The van der Waals surface area contributed by atoms with Gasteiger partial charge in [0.1, 0.15) is 5.82 Å². The zero-order valence-corrected chi connectivity index (χ0v) is 13.9. The van der Waals surface area contributed by atoms with Crippen LogP contribution in [0, 0.1) is 5.82 Å². The summed E-state index contributed by atoms with van der Waals surface area (Å²) in [6.07, 6.45) is 1.65. The third-order valence-electron chi connectivity index (χ3n) is 3.53. The summed E-state index contributed by atoms with van der Waals surface area (Å²) >= 11 is 1.38. The largest absolute Gasteiger partial charge is 0.284 e. The van der Waals surface area contributed by atoms with Crippen molar-refractivity contribution in [3.63, 3.8) is 0 Å². The fraction of sp³-hybridized carbons (Fsp3) is 0.167. The Bertz CT molecular complexity index is 775. The van der Waals surface area contributed by atoms with Crippen LogP contribution >= 0.6 is 11.8 Å². The van der Waals surface area contributed by atoms with Gasteiger partial charge in [-0.25, -0.2) is 4.39 Å². The van der Waals surface area contributed by atoms with Crippen LogP contribution in [0.2, 0.25) is 0 Å². The first-order valence-corrected chi connectivity index (χ1v) is 8.40. The SMILES string of the molecule is C[C@@H]1S/C(=N\N=C/c2ccccc2)N(Cc2ccc(F)cc2)C1=O. The Morgan fingerprint density at radius 1 is 1.17 bits per heavy atom. The number of hydrogen-bond acceptors (Lipinski definition) is 4. The van der Waals surface area contributed by atoms with E-state index in [9.17, 15) is 9.18 Å². The monoisotopic (exact) mass is 341 g/mol. The van der Waals surface area contributed by atoms with Crippen LogP contribution in [0.4, 0.5) is 4.39 Å². The van der Waals surface area contributed by atoms with Gasteiger partial charge in [-0.3, -0.25) is 9.69 Å². The minimum atomic E-state index is -0.296. The maximum Gasteiger partial charge on any atom is 0.242 e. The number of carbonyl (C=O) groups is 1. The highest BCUT2D eigenvalue weighted by Crippen LogP contribution is 2.28. The molecule has 0 aliphatic carbocycles. The van der Waals surface area contributed by atoms with Crippen molar-refractivity contribution in [2.24, 2.45) is 10.2 Å². The summed E-state index contributed by atoms with van der Waals surface area (Å²) in [5.41, 5.74) is 1.79. The minimum Gasteiger partial charge on any atom is -0.284 e. The second kappa shape index (κ2) is 7.40. The molecule has 2 aromatic carbocycles. The van der Waals surface area contributed by atoms with Gasteiger partial charge in [-0.1, -0.05) is 54.2 Å². The van der Waals surface area contributed by atoms with Gasteiger partial charge in [0, 0.05) is 0 Å². The van der Waals surface area contributed by atoms with Gasteiger partial charge in [-0.05, 0) is 30.2 Å². The highest BCUT2D eigenvalue weighted by Gasteiger charge is 2.35. The molecule has 1 heterocycles. The highest BCUT2D eigenvalue weighted by atomic mass is 32.2. The van der Waals surface area contributed by atoms with Gasteiger partial charge in [0.2, 0.25) is 5.91 Å². The van der Waals surface area contributed by atoms with E-state index in [4.69, 9.17) is 0 Å². The van der Waals surface area contributed by atoms with E-state index in [0.717, 1.165) is 11.1 Å². The van der Waals surface area contributed by atoms with Crippen LogP contribution in [0.25, 0.3) is 0 Å². The van der Waals surface area contributed by atoms with E-state index >= 15 is 0 Å². The Balaban J connectivity index is 1.77. The first-order chi connectivity index (χ1) is 11.6. The lowest BCUT2D eigenvalue weighted by Crippen LogP contribution is -2.30. The normalized spacial score (nSPS) is 19.6. The van der Waals surface area contributed by atoms with Gasteiger partial charge in [-0.15, -0.1) is 5.10 Å². The molecule has 0 N–H and O–H groups in total. The third kappa shape index (κ3) is 3.89. The second-order valence-corrected chi connectivity index (χ2v) is 6.66. The molecule has 1 aliphatic heterocycles. The van der Waals surface area contributed by atoms with Crippen LogP contribution in [-0.4, -0.2) is 27.4 Å². The number of thioether (sulfide) groups is 1. The Kier molecular flexibility index (Phi) is 5.05. The van der Waals surface area contributed by atoms with Crippen molar-refractivity contribution < 1.29 is 9.18 Å². The van der Waals surface area contributed by atoms with Crippen LogP contribution < -0.4 is 0 Å². The van der Waals surface area contributed by atoms with Crippen LogP contribution in [-0.2, 0) is 11.3 Å². The Labute approximate surface area is 144 Å². The number of halogens is 1. The second-order valence-electron chi connectivity index (χ2n) is 5.35. The Hall–Kier alpha value is -2.47. The molecule has 1 saturated heterocycles. The molecule has 1 atom stereocenters. The van der Waals surface area contributed by atoms with E-state index in [1.807, 2.05) is 37.3 Å². The van der Waals surface area contributed by atoms with E-state index in [-0.39, 0.29) is 17.0 Å². The molecule has 0 radical (unpaired) electrons. The minimum absolute atomic E-state index is 0.0158. The molecule has 1 aliphatic rings. The molecule has 24 heavy (non-hydrogen) atoms. The summed E-state index contributed by atoms with van der Waals surface area (Å²) in [4.78, 5) is 13.9. The molecular weight excluding hydrogens is 325 g/mol. The summed E-state index contributed by atoms with van der Waals surface area (Å²) in [6.45, 7) is 2.20. The highest BCUT2D eigenvalue weighted by molar-refractivity contribution is 8.15. The fourth-order valence-electron chi connectivity index (χ4n) is 2.27. The van der Waals surface area contributed by atoms with Gasteiger partial charge in [-0.2, -0.15) is 5.10 Å². The zero-order chi connectivity index (χ0) is 16.9. The van der Waals surface area contributed by atoms with Gasteiger partial charge in [0.25, 0.3) is 0 Å². The molecule has 2 aromatic rings. The number of nitrogens with zero attached hydrogens (tertiary/aromatic N) is 3. The van der Waals surface area contributed by atoms with Crippen molar-refractivity contribution in [1.82, 2.24) is 4.90 Å². The molecule has 6 heteroatoms. The number of amidine groups is 1. The number of amides is 1. The van der Waals surface area contributed by atoms with E-state index in [1.165, 1.54) is 23.9 Å². The van der Waals surface area contributed by atoms with Gasteiger partial charge in [0.15, 0.2) is 5.17 Å². The van der Waals surface area contributed by atoms with E-state index in [0.29, 0.717) is 11.7 Å². The van der Waals surface area contributed by atoms with Crippen molar-refractivity contribution in [2.75, 3.05) is 0 Å². The Morgan fingerprint density at radius 2 is 1.88 bits per heavy atom. The molecule has 3 rings (SSSR count). The van der Waals surface area contributed by atoms with Crippen molar-refractivity contribution in [3.05, 3.63) is 71.5 Å². The first kappa shape index (κ1) is 16.4. The lowest BCUT2D eigenvalue weighted by molar-refractivity contribution is -0.126. The molecule has 1 amide bonds. The fourth-order valence-corrected chi connectivity index (χ4v) is 3.19. The zero-order valence-electron chi connectivity index (χ0n) is 13.1. The number of carbonyl (C=O) groups excluding carboxylic acids is 1. The lowest BCUT2D eigenvalue weighted by atomic mass is 10.2. The smallest absolute Gasteiger partial charge is 0.242 e. The van der Waals surface area contributed by atoms with E-state index in [2.05, 4.69) is 10.2 Å². The molecule has 0 saturated carbocycles. The molecule has 0 spiro atoms. The standard InChI is InChI=1S/C18H16FN3OS/c1-13-17(23)22(12-15-7-9-16(19)10-8-15)18(24-13)21-20-11-14-5-3-2-4-6-14/h2-11,13H,12H2,1H3/b20-11-,21-18-/t13-/m0/s1. The molecule has 0 bridgehead atoms.